The lowest BCUT2D eigenvalue weighted by Crippen LogP contribution is -2.08. The van der Waals surface area contributed by atoms with Crippen LogP contribution in [-0.2, 0) is 12.8 Å². The molecule has 20 heterocycles. The quantitative estimate of drug-likeness (QED) is 0.0689. The summed E-state index contributed by atoms with van der Waals surface area (Å²) in [5.74, 6) is 1.43. The monoisotopic (exact) mass is 1750 g/mol. The standard InChI is InChI=1S/C16H11N5.C12H11N5.C11H8N6.C9H7N7O.C9H6N6.C7H8N4.C6H5N5.C6H6N4O.C5H5N5O/c1-3-7-12(8-4-1)14-15-16(18-11-17-14)21(20-19-15)13-9-5-2-6-10-13;1-2-10-11-12(14-8-13-10)17(16-15-11)9-6-4-3-5-7-9;1-2-4-9(5-3-1)6-14-17-11-10(15-16-17)7-12-8-13-11;1-17-16-9-7(14-15-16)6(12-5-13-9)8-10-3-2-4-11-8;1-2-4-10-6(3-1)7-5-11-8-9(12-7)14-15-13-8;1-2-5-6-7(10-3-8-5)11-4-9-6;1-2-4-3-7-5-6(8-4)10-11-9-5;1-11-6-4-5(8-2-7-4)9-3-10-6;1-11-3-2-6-4-5(7-3)9-10-8-4/h1-11H;3-8H,2H2,1H3;1-8H;2-5H,1H3;1-5H,(H,11,12,13,14,15);3-4H,2H2,1H3,(H,8,9,10,11);2-3H,1H2,(H,7,8,9,10,11);2-3H,1H3,(H,7,8,9,10);2H,1H3,(H,6,7,8,9,10)/b;;14-6+;;;;;;. The summed E-state index contributed by atoms with van der Waals surface area (Å²) in [6, 6.07) is 46.7. The number of H-pyrrole nitrogens is 5. The van der Waals surface area contributed by atoms with Gasteiger partial charge < -0.3 is 24.3 Å². The van der Waals surface area contributed by atoms with Gasteiger partial charge in [0.2, 0.25) is 56.9 Å². The minimum Gasteiger partial charge on any atom is -0.480 e. The number of methoxy groups -OCH3 is 2. The number of fused-ring (bicyclic) bond motifs is 9. The third-order valence-electron chi connectivity index (χ3n) is 17.8. The molecule has 0 aliphatic heterocycles. The molecule has 5 N–H and O–H groups in total. The number of ether oxygens (including phenoxy) is 2. The summed E-state index contributed by atoms with van der Waals surface area (Å²) >= 11 is 0. The molecule has 0 amide bonds. The smallest absolute Gasteiger partial charge is 0.242 e. The van der Waals surface area contributed by atoms with Gasteiger partial charge in [-0.25, -0.2) is 99.7 Å². The second-order valence-corrected chi connectivity index (χ2v) is 25.8. The molecule has 50 nitrogen and oxygen atoms in total. The second-order valence-electron chi connectivity index (χ2n) is 25.8. The van der Waals surface area contributed by atoms with Gasteiger partial charge >= 0.3 is 0 Å². The molecule has 50 heteroatoms. The summed E-state index contributed by atoms with van der Waals surface area (Å²) in [6.07, 6.45) is 28.5. The van der Waals surface area contributed by atoms with E-state index in [4.69, 9.17) is 14.3 Å². The van der Waals surface area contributed by atoms with Crippen molar-refractivity contribution in [2.24, 2.45) is 5.10 Å². The van der Waals surface area contributed by atoms with Crippen molar-refractivity contribution in [3.8, 4) is 57.3 Å². The number of nitrogens with one attached hydrogen (secondary N) is 5. The number of hydrogen-bond donors (Lipinski definition) is 5. The van der Waals surface area contributed by atoms with E-state index in [1.165, 1.54) is 49.0 Å². The van der Waals surface area contributed by atoms with E-state index in [1.54, 1.807) is 104 Å². The number of rotatable bonds is 13. The Balaban J connectivity index is 0.000000109. The maximum atomic E-state index is 4.97. The van der Waals surface area contributed by atoms with Crippen LogP contribution >= 0.6 is 0 Å². The van der Waals surface area contributed by atoms with E-state index < -0.39 is 0 Å². The van der Waals surface area contributed by atoms with Crippen molar-refractivity contribution < 1.29 is 14.3 Å². The van der Waals surface area contributed by atoms with Gasteiger partial charge in [-0.05, 0) is 77.4 Å². The molecule has 24 rings (SSSR count). The Labute approximate surface area is 734 Å². The lowest BCUT2D eigenvalue weighted by molar-refractivity contribution is 0.138. The predicted molar refractivity (Wildman–Crippen MR) is 471 cm³/mol. The second kappa shape index (κ2) is 42.0. The molecular formula is C81H67N47O3. The first kappa shape index (κ1) is 85.0. The summed E-state index contributed by atoms with van der Waals surface area (Å²) in [5, 5.41) is 66.5. The van der Waals surface area contributed by atoms with Gasteiger partial charge in [0, 0.05) is 24.2 Å². The van der Waals surface area contributed by atoms with Gasteiger partial charge in [-0.15, -0.1) is 55.8 Å². The molecule has 0 aliphatic carbocycles. The summed E-state index contributed by atoms with van der Waals surface area (Å²) in [5.41, 5.74) is 20.5. The van der Waals surface area contributed by atoms with Crippen molar-refractivity contribution in [3.63, 3.8) is 0 Å². The Morgan fingerprint density at radius 3 is 1.60 bits per heavy atom. The molecule has 644 valence electrons. The first-order chi connectivity index (χ1) is 64.7. The van der Waals surface area contributed by atoms with Gasteiger partial charge in [0.05, 0.1) is 92.0 Å². The summed E-state index contributed by atoms with van der Waals surface area (Å²) in [7, 11) is 4.56. The average Bonchev–Trinajstić information content (AvgIpc) is 1.64. The van der Waals surface area contributed by atoms with Crippen LogP contribution < -0.4 is 14.3 Å². The zero-order chi connectivity index (χ0) is 89.7. The van der Waals surface area contributed by atoms with Gasteiger partial charge in [-0.3, -0.25) is 4.98 Å². The van der Waals surface area contributed by atoms with Crippen LogP contribution in [0.25, 0.3) is 152 Å². The SMILES string of the molecule is C(=N\n1nnc2cncnc21)/c1ccccc1.C=Cc1cnc2n[nH]nc2n1.CCc1ncnc2c1nnn2-c1ccccc1.CCc1ncnc2nc[nH]c12.COc1cnc2n[nH]nc2n1.COc1ncnc2nc[nH]c12.COn1nnc2c(-c3ncccn3)ncnc21.c1ccc(-c2cnc3n[nH]nc3n2)nc1.c1ccc(-c2ncnc3c2nnn3-c2ccccc2)cc1. The van der Waals surface area contributed by atoms with E-state index in [1.807, 2.05) is 146 Å². The third kappa shape index (κ3) is 20.5. The molecule has 131 heavy (non-hydrogen) atoms. The molecule has 0 spiro atoms. The van der Waals surface area contributed by atoms with Crippen molar-refractivity contribution >= 4 is 113 Å². The highest BCUT2D eigenvalue weighted by molar-refractivity contribution is 5.88. The van der Waals surface area contributed by atoms with Gasteiger partial charge in [-0.2, -0.15) is 40.1 Å². The van der Waals surface area contributed by atoms with E-state index in [0.29, 0.717) is 108 Å². The fourth-order valence-corrected chi connectivity index (χ4v) is 11.7. The van der Waals surface area contributed by atoms with Crippen molar-refractivity contribution in [1.29, 1.82) is 0 Å². The molecule has 0 saturated heterocycles. The molecule has 0 unspecified atom stereocenters. The van der Waals surface area contributed by atoms with E-state index in [-0.39, 0.29) is 0 Å². The zero-order valence-electron chi connectivity index (χ0n) is 69.3. The topological polar surface area (TPSA) is 616 Å². The van der Waals surface area contributed by atoms with Gasteiger partial charge in [0.15, 0.2) is 50.5 Å². The average molecular weight is 1750 g/mol. The van der Waals surface area contributed by atoms with Crippen LogP contribution in [0.4, 0.5) is 0 Å². The molecule has 20 aromatic heterocycles. The number of imidazole rings is 2. The molecule has 0 radical (unpaired) electrons. The Bertz CT molecular complexity index is 7710. The van der Waals surface area contributed by atoms with Crippen LogP contribution in [0.3, 0.4) is 0 Å². The normalized spacial score (nSPS) is 10.7. The Kier molecular flexibility index (Phi) is 27.2. The Morgan fingerprint density at radius 2 is 0.939 bits per heavy atom. The number of aromatic amines is 5. The largest absolute Gasteiger partial charge is 0.480 e. The lowest BCUT2D eigenvalue weighted by atomic mass is 10.1. The highest BCUT2D eigenvalue weighted by Crippen LogP contribution is 2.26. The molecule has 0 bridgehead atoms. The van der Waals surface area contributed by atoms with Crippen LogP contribution in [0, 0.1) is 0 Å². The summed E-state index contributed by atoms with van der Waals surface area (Å²) in [6.45, 7) is 7.66. The van der Waals surface area contributed by atoms with E-state index in [0.717, 1.165) is 86.0 Å². The van der Waals surface area contributed by atoms with E-state index in [2.05, 4.69) is 231 Å². The van der Waals surface area contributed by atoms with Crippen LogP contribution in [0.1, 0.15) is 36.5 Å². The molecule has 0 saturated carbocycles. The Morgan fingerprint density at radius 1 is 0.397 bits per heavy atom. The molecular weight excluding hydrogens is 1680 g/mol. The Hall–Kier alpha value is -19.6. The van der Waals surface area contributed by atoms with E-state index >= 15 is 0 Å². The minimum atomic E-state index is 0.436. The molecule has 4 aromatic carbocycles. The number of benzene rings is 4. The molecule has 0 atom stereocenters. The fraction of sp³-hybridized carbons (Fsp3) is 0.0864. The first-order valence-corrected chi connectivity index (χ1v) is 39.0. The van der Waals surface area contributed by atoms with Gasteiger partial charge in [0.1, 0.15) is 73.2 Å². The number of aromatic nitrogens is 46. The van der Waals surface area contributed by atoms with Crippen LogP contribution in [-0.4, -0.2) is 259 Å². The molecule has 24 aromatic rings. The number of aryl methyl sites for hydroxylation is 2. The number of nitrogens with zero attached hydrogens (tertiary/aromatic N) is 42. The number of para-hydroxylation sites is 2. The van der Waals surface area contributed by atoms with Crippen LogP contribution in [0.15, 0.2) is 251 Å². The fourth-order valence-electron chi connectivity index (χ4n) is 11.7. The van der Waals surface area contributed by atoms with Crippen molar-refractivity contribution in [2.45, 2.75) is 26.7 Å². The number of pyridine rings is 1. The minimum absolute atomic E-state index is 0.436. The highest BCUT2D eigenvalue weighted by atomic mass is 16.7. The van der Waals surface area contributed by atoms with Crippen LogP contribution in [0.2, 0.25) is 0 Å². The maximum Gasteiger partial charge on any atom is 0.242 e. The lowest BCUT2D eigenvalue weighted by Gasteiger charge is -2.02. The van der Waals surface area contributed by atoms with Crippen LogP contribution in [0.5, 0.6) is 11.8 Å². The van der Waals surface area contributed by atoms with Crippen molar-refractivity contribution in [1.82, 2.24) is 231 Å². The van der Waals surface area contributed by atoms with Gasteiger partial charge in [0.25, 0.3) is 0 Å². The zero-order valence-corrected chi connectivity index (χ0v) is 69.3. The van der Waals surface area contributed by atoms with Crippen molar-refractivity contribution in [2.75, 3.05) is 21.3 Å². The third-order valence-corrected chi connectivity index (χ3v) is 17.8. The summed E-state index contributed by atoms with van der Waals surface area (Å²) in [4.78, 5) is 107. The highest BCUT2D eigenvalue weighted by Gasteiger charge is 2.18. The van der Waals surface area contributed by atoms with E-state index in [9.17, 15) is 0 Å². The molecule has 0 fully saturated rings. The summed E-state index contributed by atoms with van der Waals surface area (Å²) < 4.78 is 13.3. The maximum absolute atomic E-state index is 4.97. The predicted octanol–water partition coefficient (Wildman–Crippen LogP) is 7.72. The number of hydrogen-bond acceptors (Lipinski definition) is 41. The van der Waals surface area contributed by atoms with Crippen molar-refractivity contribution in [3.05, 3.63) is 269 Å². The molecule has 0 aliphatic rings. The van der Waals surface area contributed by atoms with Gasteiger partial charge in [-0.1, -0.05) is 139 Å². The first-order valence-electron chi connectivity index (χ1n) is 39.0.